The van der Waals surface area contributed by atoms with Gasteiger partial charge < -0.3 is 15.0 Å². The molecular weight excluding hydrogens is 400 g/mol. The van der Waals surface area contributed by atoms with E-state index in [-0.39, 0.29) is 12.5 Å². The summed E-state index contributed by atoms with van der Waals surface area (Å²) in [6.45, 7) is 4.77. The number of amides is 2. The van der Waals surface area contributed by atoms with Crippen LogP contribution in [0.25, 0.3) is 10.1 Å². The minimum Gasteiger partial charge on any atom is -0.451 e. The van der Waals surface area contributed by atoms with Crippen LogP contribution in [0.15, 0.2) is 24.3 Å². The predicted octanol–water partition coefficient (Wildman–Crippen LogP) is 3.47. The molecule has 0 saturated carbocycles. The summed E-state index contributed by atoms with van der Waals surface area (Å²) in [6.07, 6.45) is 1.04. The topological polar surface area (TPSA) is 75.7 Å². The van der Waals surface area contributed by atoms with E-state index < -0.39 is 18.0 Å². The van der Waals surface area contributed by atoms with Gasteiger partial charge in [-0.2, -0.15) is 0 Å². The number of rotatable bonds is 5. The number of thiophene rings is 1. The molecule has 0 bridgehead atoms. The van der Waals surface area contributed by atoms with E-state index >= 15 is 0 Å². The van der Waals surface area contributed by atoms with E-state index in [9.17, 15) is 14.4 Å². The van der Waals surface area contributed by atoms with Gasteiger partial charge in [0.25, 0.3) is 11.8 Å². The van der Waals surface area contributed by atoms with Gasteiger partial charge in [-0.05, 0) is 31.7 Å². The molecule has 1 saturated heterocycles. The first-order chi connectivity index (χ1) is 13.4. The molecule has 150 valence electrons. The second-order valence-corrected chi connectivity index (χ2v) is 8.49. The number of ether oxygens (including phenoxy) is 1. The second kappa shape index (κ2) is 8.92. The molecule has 1 aromatic heterocycles. The van der Waals surface area contributed by atoms with Gasteiger partial charge in [-0.25, -0.2) is 0 Å². The van der Waals surface area contributed by atoms with Crippen LogP contribution in [0.1, 0.15) is 36.4 Å². The molecule has 1 aromatic carbocycles. The third kappa shape index (κ3) is 4.64. The van der Waals surface area contributed by atoms with Crippen molar-refractivity contribution in [3.8, 4) is 0 Å². The number of nitrogens with zero attached hydrogens (tertiary/aromatic N) is 1. The normalized spacial score (nSPS) is 16.0. The SMILES string of the molecule is CC1CCN(C(=O)C(C)OC(=O)CNC(=O)c2sc3ccccc3c2Cl)CC1. The summed E-state index contributed by atoms with van der Waals surface area (Å²) >= 11 is 7.54. The number of piperidine rings is 1. The fraction of sp³-hybridized carbons (Fsp3) is 0.450. The minimum absolute atomic E-state index is 0.195. The highest BCUT2D eigenvalue weighted by atomic mass is 35.5. The Hall–Kier alpha value is -2.12. The van der Waals surface area contributed by atoms with Gasteiger partial charge >= 0.3 is 5.97 Å². The van der Waals surface area contributed by atoms with Crippen molar-refractivity contribution >= 4 is 50.8 Å². The van der Waals surface area contributed by atoms with Crippen molar-refractivity contribution in [1.29, 1.82) is 0 Å². The van der Waals surface area contributed by atoms with E-state index in [1.807, 2.05) is 24.3 Å². The number of carbonyl (C=O) groups excluding carboxylic acids is 3. The van der Waals surface area contributed by atoms with Crippen LogP contribution in [0.3, 0.4) is 0 Å². The zero-order chi connectivity index (χ0) is 20.3. The number of hydrogen-bond donors (Lipinski definition) is 1. The third-order valence-corrected chi connectivity index (χ3v) is 6.56. The van der Waals surface area contributed by atoms with Gasteiger partial charge in [-0.1, -0.05) is 36.7 Å². The molecule has 28 heavy (non-hydrogen) atoms. The highest BCUT2D eigenvalue weighted by Gasteiger charge is 2.27. The van der Waals surface area contributed by atoms with Gasteiger partial charge in [0.1, 0.15) is 11.4 Å². The van der Waals surface area contributed by atoms with E-state index in [4.69, 9.17) is 16.3 Å². The Kier molecular flexibility index (Phi) is 6.57. The average Bonchev–Trinajstić information content (AvgIpc) is 3.03. The molecule has 1 N–H and O–H groups in total. The van der Waals surface area contributed by atoms with Gasteiger partial charge in [0.05, 0.1) is 5.02 Å². The van der Waals surface area contributed by atoms with Crippen molar-refractivity contribution in [1.82, 2.24) is 10.2 Å². The maximum absolute atomic E-state index is 12.4. The molecule has 6 nitrogen and oxygen atoms in total. The summed E-state index contributed by atoms with van der Waals surface area (Å²) in [5.41, 5.74) is 0. The molecule has 1 atom stereocenters. The maximum Gasteiger partial charge on any atom is 0.326 e. The molecule has 0 aliphatic carbocycles. The predicted molar refractivity (Wildman–Crippen MR) is 110 cm³/mol. The molecule has 1 aliphatic rings. The van der Waals surface area contributed by atoms with Crippen LogP contribution in [-0.2, 0) is 14.3 Å². The van der Waals surface area contributed by atoms with Crippen LogP contribution in [0.5, 0.6) is 0 Å². The molecule has 2 heterocycles. The Bertz CT molecular complexity index is 889. The quantitative estimate of drug-likeness (QED) is 0.748. The fourth-order valence-corrected chi connectivity index (χ4v) is 4.60. The van der Waals surface area contributed by atoms with Crippen molar-refractivity contribution in [2.45, 2.75) is 32.8 Å². The first-order valence-electron chi connectivity index (χ1n) is 9.30. The maximum atomic E-state index is 12.4. The summed E-state index contributed by atoms with van der Waals surface area (Å²) < 4.78 is 6.09. The van der Waals surface area contributed by atoms with Crippen LogP contribution < -0.4 is 5.32 Å². The van der Waals surface area contributed by atoms with E-state index in [0.29, 0.717) is 28.9 Å². The van der Waals surface area contributed by atoms with Gasteiger partial charge in [-0.3, -0.25) is 14.4 Å². The van der Waals surface area contributed by atoms with Crippen molar-refractivity contribution in [3.05, 3.63) is 34.2 Å². The number of hydrogen-bond acceptors (Lipinski definition) is 5. The van der Waals surface area contributed by atoms with Crippen molar-refractivity contribution in [2.24, 2.45) is 5.92 Å². The van der Waals surface area contributed by atoms with Crippen molar-refractivity contribution in [2.75, 3.05) is 19.6 Å². The number of fused-ring (bicyclic) bond motifs is 1. The summed E-state index contributed by atoms with van der Waals surface area (Å²) in [5.74, 6) is -0.680. The number of nitrogens with one attached hydrogen (secondary N) is 1. The van der Waals surface area contributed by atoms with Gasteiger partial charge in [0.2, 0.25) is 0 Å². The number of carbonyl (C=O) groups is 3. The fourth-order valence-electron chi connectivity index (χ4n) is 3.17. The Balaban J connectivity index is 1.51. The van der Waals surface area contributed by atoms with Crippen LogP contribution >= 0.6 is 22.9 Å². The highest BCUT2D eigenvalue weighted by molar-refractivity contribution is 7.21. The lowest BCUT2D eigenvalue weighted by Gasteiger charge is -2.31. The Labute approximate surface area is 172 Å². The molecule has 1 fully saturated rings. The second-order valence-electron chi connectivity index (χ2n) is 7.06. The lowest BCUT2D eigenvalue weighted by Crippen LogP contribution is -2.44. The summed E-state index contributed by atoms with van der Waals surface area (Å²) in [4.78, 5) is 38.9. The standard InChI is InChI=1S/C20H23ClN2O4S/c1-12-7-9-23(10-8-12)20(26)13(2)27-16(24)11-22-19(25)18-17(21)14-5-3-4-6-15(14)28-18/h3-6,12-13H,7-11H2,1-2H3,(H,22,25). The Morgan fingerprint density at radius 1 is 1.29 bits per heavy atom. The van der Waals surface area contributed by atoms with Crippen LogP contribution in [0.2, 0.25) is 5.02 Å². The molecule has 0 radical (unpaired) electrons. The first kappa shape index (κ1) is 20.6. The zero-order valence-electron chi connectivity index (χ0n) is 15.9. The minimum atomic E-state index is -0.870. The Morgan fingerprint density at radius 3 is 2.64 bits per heavy atom. The van der Waals surface area contributed by atoms with E-state index in [2.05, 4.69) is 12.2 Å². The number of halogens is 1. The zero-order valence-corrected chi connectivity index (χ0v) is 17.4. The van der Waals surface area contributed by atoms with E-state index in [0.717, 1.165) is 22.9 Å². The lowest BCUT2D eigenvalue weighted by molar-refractivity contribution is -0.158. The Morgan fingerprint density at radius 2 is 1.96 bits per heavy atom. The molecule has 1 aliphatic heterocycles. The molecule has 1 unspecified atom stereocenters. The molecule has 3 rings (SSSR count). The summed E-state index contributed by atoms with van der Waals surface area (Å²) in [7, 11) is 0. The first-order valence-corrected chi connectivity index (χ1v) is 10.5. The smallest absolute Gasteiger partial charge is 0.326 e. The molecular formula is C20H23ClN2O4S. The van der Waals surface area contributed by atoms with Crippen LogP contribution in [0.4, 0.5) is 0 Å². The number of benzene rings is 1. The van der Waals surface area contributed by atoms with Crippen molar-refractivity contribution < 1.29 is 19.1 Å². The summed E-state index contributed by atoms with van der Waals surface area (Å²) in [6, 6.07) is 7.44. The summed E-state index contributed by atoms with van der Waals surface area (Å²) in [5, 5.41) is 3.69. The largest absolute Gasteiger partial charge is 0.451 e. The average molecular weight is 423 g/mol. The van der Waals surface area contributed by atoms with Crippen LogP contribution in [-0.4, -0.2) is 48.4 Å². The van der Waals surface area contributed by atoms with Crippen LogP contribution in [0, 0.1) is 5.92 Å². The van der Waals surface area contributed by atoms with Crippen molar-refractivity contribution in [3.63, 3.8) is 0 Å². The molecule has 0 spiro atoms. The molecule has 8 heteroatoms. The van der Waals surface area contributed by atoms with E-state index in [1.54, 1.807) is 11.8 Å². The third-order valence-electron chi connectivity index (χ3n) is 4.89. The monoisotopic (exact) mass is 422 g/mol. The van der Waals surface area contributed by atoms with Gasteiger partial charge in [0, 0.05) is 23.2 Å². The molecule has 2 aromatic rings. The number of esters is 1. The highest BCUT2D eigenvalue weighted by Crippen LogP contribution is 2.34. The number of likely N-dealkylation sites (tertiary alicyclic amines) is 1. The van der Waals surface area contributed by atoms with Gasteiger partial charge in [0.15, 0.2) is 6.10 Å². The molecule has 2 amide bonds. The van der Waals surface area contributed by atoms with Gasteiger partial charge in [-0.15, -0.1) is 11.3 Å². The van der Waals surface area contributed by atoms with E-state index in [1.165, 1.54) is 11.3 Å². The lowest BCUT2D eigenvalue weighted by atomic mass is 9.99.